The van der Waals surface area contributed by atoms with Crippen LogP contribution in [0.25, 0.3) is 0 Å². The minimum Gasteiger partial charge on any atom is -0.480 e. The van der Waals surface area contributed by atoms with Crippen molar-refractivity contribution in [1.82, 2.24) is 10.0 Å². The molecule has 9 heteroatoms. The third-order valence-corrected chi connectivity index (χ3v) is 3.89. The maximum atomic E-state index is 12.0. The lowest BCUT2D eigenvalue weighted by Crippen LogP contribution is -2.49. The number of carbonyl (C=O) groups is 2. The number of nitrogens with one attached hydrogen (secondary N) is 2. The Kier molecular flexibility index (Phi) is 5.06. The van der Waals surface area contributed by atoms with E-state index in [4.69, 9.17) is 10.8 Å². The summed E-state index contributed by atoms with van der Waals surface area (Å²) in [6, 6.07) is 3.45. The fourth-order valence-corrected chi connectivity index (χ4v) is 2.54. The Morgan fingerprint density at radius 2 is 1.85 bits per heavy atom. The molecule has 0 aliphatic rings. The van der Waals surface area contributed by atoms with E-state index in [0.717, 1.165) is 5.56 Å². The summed E-state index contributed by atoms with van der Waals surface area (Å²) in [6.07, 6.45) is 0. The Morgan fingerprint density at radius 1 is 1.30 bits per heavy atom. The normalized spacial score (nSPS) is 12.7. The van der Waals surface area contributed by atoms with Crippen molar-refractivity contribution in [3.63, 3.8) is 0 Å². The lowest BCUT2D eigenvalue weighted by molar-refractivity contribution is -0.138. The first-order valence-electron chi connectivity index (χ1n) is 5.57. The zero-order valence-corrected chi connectivity index (χ0v) is 11.5. The Morgan fingerprint density at radius 3 is 2.30 bits per heavy atom. The van der Waals surface area contributed by atoms with Crippen molar-refractivity contribution in [1.29, 1.82) is 0 Å². The fraction of sp³-hybridized carbons (Fsp3) is 0.273. The van der Waals surface area contributed by atoms with Gasteiger partial charge in [0.25, 0.3) is 0 Å². The summed E-state index contributed by atoms with van der Waals surface area (Å²) < 4.78 is 26.0. The first-order valence-corrected chi connectivity index (χ1v) is 7.06. The number of carboxylic acid groups (broad SMARTS) is 1. The molecule has 1 atom stereocenters. The first-order chi connectivity index (χ1) is 9.22. The van der Waals surface area contributed by atoms with E-state index in [1.54, 1.807) is 19.1 Å². The molecule has 0 unspecified atom stereocenters. The number of amides is 2. The second kappa shape index (κ2) is 6.35. The van der Waals surface area contributed by atoms with Gasteiger partial charge in [-0.05, 0) is 19.1 Å². The van der Waals surface area contributed by atoms with Crippen LogP contribution in [0, 0.1) is 6.92 Å². The highest BCUT2D eigenvalue weighted by atomic mass is 32.2. The number of carboxylic acids is 1. The molecular weight excluding hydrogens is 286 g/mol. The molecule has 0 aromatic heterocycles. The molecule has 0 bridgehead atoms. The van der Waals surface area contributed by atoms with E-state index < -0.39 is 34.6 Å². The van der Waals surface area contributed by atoms with Crippen molar-refractivity contribution in [3.8, 4) is 0 Å². The molecule has 5 N–H and O–H groups in total. The number of carbonyl (C=O) groups excluding carboxylic acids is 1. The summed E-state index contributed by atoms with van der Waals surface area (Å²) >= 11 is 0. The van der Waals surface area contributed by atoms with Crippen LogP contribution in [0.4, 0.5) is 4.79 Å². The Hall–Kier alpha value is -2.13. The van der Waals surface area contributed by atoms with E-state index in [9.17, 15) is 18.0 Å². The minimum absolute atomic E-state index is 0.0616. The van der Waals surface area contributed by atoms with E-state index >= 15 is 0 Å². The number of nitrogens with two attached hydrogens (primary N) is 1. The summed E-state index contributed by atoms with van der Waals surface area (Å²) in [5, 5.41) is 11.0. The molecular formula is C11H15N3O5S. The van der Waals surface area contributed by atoms with Gasteiger partial charge in [-0.2, -0.15) is 4.72 Å². The van der Waals surface area contributed by atoms with Crippen molar-refractivity contribution in [2.24, 2.45) is 5.73 Å². The van der Waals surface area contributed by atoms with Crippen molar-refractivity contribution < 1.29 is 23.1 Å². The van der Waals surface area contributed by atoms with Gasteiger partial charge in [0, 0.05) is 6.54 Å². The van der Waals surface area contributed by atoms with Gasteiger partial charge in [0.2, 0.25) is 10.0 Å². The van der Waals surface area contributed by atoms with Gasteiger partial charge in [0.05, 0.1) is 4.90 Å². The number of aliphatic carboxylic acids is 1. The quantitative estimate of drug-likeness (QED) is 0.555. The molecule has 2 amide bonds. The predicted molar refractivity (Wildman–Crippen MR) is 70.5 cm³/mol. The van der Waals surface area contributed by atoms with Crippen LogP contribution in [0.1, 0.15) is 5.56 Å². The smallest absolute Gasteiger partial charge is 0.323 e. The lowest BCUT2D eigenvalue weighted by Gasteiger charge is -2.15. The maximum absolute atomic E-state index is 12.0. The van der Waals surface area contributed by atoms with Gasteiger partial charge in [-0.3, -0.25) is 4.79 Å². The highest BCUT2D eigenvalue weighted by Gasteiger charge is 2.25. The summed E-state index contributed by atoms with van der Waals surface area (Å²) in [5.74, 6) is -1.42. The highest BCUT2D eigenvalue weighted by Crippen LogP contribution is 2.10. The van der Waals surface area contributed by atoms with Crippen LogP contribution in [0.2, 0.25) is 0 Å². The molecule has 20 heavy (non-hydrogen) atoms. The second-order valence-corrected chi connectivity index (χ2v) is 5.78. The molecule has 0 aliphatic heterocycles. The topological polar surface area (TPSA) is 139 Å². The van der Waals surface area contributed by atoms with Crippen LogP contribution >= 0.6 is 0 Å². The molecule has 1 aromatic carbocycles. The van der Waals surface area contributed by atoms with Crippen molar-refractivity contribution in [2.45, 2.75) is 17.9 Å². The zero-order valence-electron chi connectivity index (χ0n) is 10.7. The number of aryl methyl sites for hydroxylation is 1. The minimum atomic E-state index is -3.99. The first kappa shape index (κ1) is 15.9. The molecule has 0 saturated carbocycles. The third-order valence-electron chi connectivity index (χ3n) is 2.41. The molecule has 0 aliphatic carbocycles. The number of urea groups is 1. The van der Waals surface area contributed by atoms with Crippen molar-refractivity contribution in [2.75, 3.05) is 6.54 Å². The monoisotopic (exact) mass is 301 g/mol. The van der Waals surface area contributed by atoms with E-state index in [1.807, 2.05) is 10.0 Å². The molecule has 0 spiro atoms. The van der Waals surface area contributed by atoms with Crippen molar-refractivity contribution in [3.05, 3.63) is 29.8 Å². The molecule has 8 nitrogen and oxygen atoms in total. The summed E-state index contributed by atoms with van der Waals surface area (Å²) in [4.78, 5) is 21.4. The Labute approximate surface area is 116 Å². The molecule has 1 rings (SSSR count). The van der Waals surface area contributed by atoms with Gasteiger partial charge >= 0.3 is 12.0 Å². The fourth-order valence-electron chi connectivity index (χ4n) is 1.35. The van der Waals surface area contributed by atoms with Crippen LogP contribution in [0.15, 0.2) is 29.2 Å². The lowest BCUT2D eigenvalue weighted by atomic mass is 10.2. The molecule has 1 aromatic rings. The van der Waals surface area contributed by atoms with E-state index in [2.05, 4.69) is 0 Å². The van der Waals surface area contributed by atoms with Crippen LogP contribution in [-0.4, -0.2) is 38.1 Å². The number of benzene rings is 1. The highest BCUT2D eigenvalue weighted by molar-refractivity contribution is 7.89. The SMILES string of the molecule is Cc1ccc(S(=O)(=O)N[C@@H](CNC(N)=O)C(=O)O)cc1. The number of hydrogen-bond acceptors (Lipinski definition) is 4. The number of primary amides is 1. The molecule has 0 saturated heterocycles. The van der Waals surface area contributed by atoms with Gasteiger partial charge in [-0.1, -0.05) is 17.7 Å². The number of sulfonamides is 1. The molecule has 0 heterocycles. The van der Waals surface area contributed by atoms with E-state index in [1.165, 1.54) is 12.1 Å². The average molecular weight is 301 g/mol. The third kappa shape index (κ3) is 4.52. The number of rotatable bonds is 6. The predicted octanol–water partition coefficient (Wildman–Crippen LogP) is -0.605. The summed E-state index contributed by atoms with van der Waals surface area (Å²) in [7, 11) is -3.99. The molecule has 0 radical (unpaired) electrons. The zero-order chi connectivity index (χ0) is 15.3. The standard InChI is InChI=1S/C11H15N3O5S/c1-7-2-4-8(5-3-7)20(18,19)14-9(10(15)16)6-13-11(12)17/h2-5,9,14H,6H2,1H3,(H,15,16)(H3,12,13,17)/t9-/m0/s1. The Balaban J connectivity index is 2.88. The maximum Gasteiger partial charge on any atom is 0.323 e. The van der Waals surface area contributed by atoms with Crippen LogP contribution in [-0.2, 0) is 14.8 Å². The molecule has 0 fully saturated rings. The van der Waals surface area contributed by atoms with Gasteiger partial charge in [-0.15, -0.1) is 0 Å². The van der Waals surface area contributed by atoms with E-state index in [0.29, 0.717) is 0 Å². The summed E-state index contributed by atoms with van der Waals surface area (Å²) in [5.41, 5.74) is 5.68. The second-order valence-electron chi connectivity index (χ2n) is 4.07. The molecule has 110 valence electrons. The van der Waals surface area contributed by atoms with Gasteiger partial charge in [-0.25, -0.2) is 13.2 Å². The van der Waals surface area contributed by atoms with E-state index in [-0.39, 0.29) is 4.90 Å². The van der Waals surface area contributed by atoms with Crippen LogP contribution in [0.3, 0.4) is 0 Å². The van der Waals surface area contributed by atoms with Gasteiger partial charge < -0.3 is 16.2 Å². The van der Waals surface area contributed by atoms with Crippen LogP contribution in [0.5, 0.6) is 0 Å². The Bertz CT molecular complexity index is 597. The van der Waals surface area contributed by atoms with Crippen molar-refractivity contribution >= 4 is 22.0 Å². The largest absolute Gasteiger partial charge is 0.480 e. The summed E-state index contributed by atoms with van der Waals surface area (Å²) in [6.45, 7) is 1.34. The van der Waals surface area contributed by atoms with Gasteiger partial charge in [0.1, 0.15) is 6.04 Å². The number of hydrogen-bond donors (Lipinski definition) is 4. The average Bonchev–Trinajstić information content (AvgIpc) is 2.34. The van der Waals surface area contributed by atoms with Gasteiger partial charge in [0.15, 0.2) is 0 Å². The van der Waals surface area contributed by atoms with Crippen LogP contribution < -0.4 is 15.8 Å².